The van der Waals surface area contributed by atoms with Crippen LogP contribution in [-0.2, 0) is 19.8 Å². The van der Waals surface area contributed by atoms with E-state index in [4.69, 9.17) is 0 Å². The molecule has 13 heteroatoms. The summed E-state index contributed by atoms with van der Waals surface area (Å²) in [7, 11) is 1.46. The lowest BCUT2D eigenvalue weighted by Gasteiger charge is -2.12. The summed E-state index contributed by atoms with van der Waals surface area (Å²) in [4.78, 5) is 8.49. The summed E-state index contributed by atoms with van der Waals surface area (Å²) in [5.41, 5.74) is -0.989. The van der Waals surface area contributed by atoms with E-state index in [-0.39, 0.29) is 28.7 Å². The number of anilines is 1. The van der Waals surface area contributed by atoms with Gasteiger partial charge in [-0.2, -0.15) is 28.4 Å². The van der Waals surface area contributed by atoms with Gasteiger partial charge < -0.3 is 10.4 Å². The second-order valence-corrected chi connectivity index (χ2v) is 7.77. The molecule has 2 N–H and O–H groups in total. The van der Waals surface area contributed by atoms with E-state index in [1.807, 2.05) is 36.4 Å². The summed E-state index contributed by atoms with van der Waals surface area (Å²) in [5.74, 6) is -5.23. The van der Waals surface area contributed by atoms with Crippen LogP contribution < -0.4 is 5.32 Å². The Morgan fingerprint density at radius 2 is 1.81 bits per heavy atom. The molecule has 184 valence electrons. The van der Waals surface area contributed by atoms with Crippen LogP contribution in [0.4, 0.5) is 27.9 Å². The minimum atomic E-state index is -5.16. The number of nitrogens with zero attached hydrogens (tertiary/aromatic N) is 6. The molecule has 0 radical (unpaired) electrons. The third-order valence-electron chi connectivity index (χ3n) is 5.47. The Labute approximate surface area is 199 Å². The van der Waals surface area contributed by atoms with Crippen molar-refractivity contribution in [2.45, 2.75) is 12.7 Å². The van der Waals surface area contributed by atoms with Crippen molar-refractivity contribution in [3.63, 3.8) is 0 Å². The number of para-hydroxylation sites is 1. The van der Waals surface area contributed by atoms with Crippen LogP contribution >= 0.6 is 0 Å². The van der Waals surface area contributed by atoms with Gasteiger partial charge in [-0.15, -0.1) is 0 Å². The van der Waals surface area contributed by atoms with Gasteiger partial charge in [0.2, 0.25) is 5.95 Å². The first-order chi connectivity index (χ1) is 17.1. The van der Waals surface area contributed by atoms with Crippen LogP contribution in [0.25, 0.3) is 28.0 Å². The Morgan fingerprint density at radius 1 is 1.06 bits per heavy atom. The molecule has 0 saturated carbocycles. The maximum atomic E-state index is 14.6. The minimum absolute atomic E-state index is 0.107. The topological polar surface area (TPSA) is 93.7 Å². The van der Waals surface area contributed by atoms with E-state index in [9.17, 15) is 27.1 Å². The molecule has 0 atom stereocenters. The number of benzene rings is 2. The van der Waals surface area contributed by atoms with Gasteiger partial charge in [0.05, 0.1) is 28.9 Å². The average Bonchev–Trinajstić information content (AvgIpc) is 3.45. The molecule has 5 rings (SSSR count). The number of alkyl halides is 3. The van der Waals surface area contributed by atoms with E-state index in [0.29, 0.717) is 6.54 Å². The number of halogens is 5. The van der Waals surface area contributed by atoms with Crippen molar-refractivity contribution in [1.82, 2.24) is 29.5 Å². The molecule has 0 bridgehead atoms. The maximum absolute atomic E-state index is 14.6. The van der Waals surface area contributed by atoms with E-state index in [2.05, 4.69) is 25.5 Å². The molecular formula is C23H16F5N7O. The summed E-state index contributed by atoms with van der Waals surface area (Å²) in [5, 5.41) is 21.2. The molecule has 3 aromatic heterocycles. The highest BCUT2D eigenvalue weighted by Crippen LogP contribution is 2.41. The van der Waals surface area contributed by atoms with Gasteiger partial charge in [-0.25, -0.2) is 23.1 Å². The number of aromatic hydroxyl groups is 1. The van der Waals surface area contributed by atoms with Crippen molar-refractivity contribution < 1.29 is 27.1 Å². The van der Waals surface area contributed by atoms with E-state index >= 15 is 0 Å². The molecule has 3 heterocycles. The normalized spacial score (nSPS) is 11.8. The summed E-state index contributed by atoms with van der Waals surface area (Å²) < 4.78 is 71.1. The van der Waals surface area contributed by atoms with Crippen LogP contribution in [0.3, 0.4) is 0 Å². The molecule has 0 amide bonds. The molecule has 36 heavy (non-hydrogen) atoms. The van der Waals surface area contributed by atoms with Crippen molar-refractivity contribution in [1.29, 1.82) is 0 Å². The van der Waals surface area contributed by atoms with Crippen LogP contribution in [0.15, 0.2) is 54.9 Å². The van der Waals surface area contributed by atoms with Crippen molar-refractivity contribution >= 4 is 17.0 Å². The van der Waals surface area contributed by atoms with Crippen LogP contribution in [-0.4, -0.2) is 34.6 Å². The highest BCUT2D eigenvalue weighted by atomic mass is 19.4. The van der Waals surface area contributed by atoms with Crippen LogP contribution in [0.1, 0.15) is 11.3 Å². The molecule has 0 aliphatic carbocycles. The second-order valence-electron chi connectivity index (χ2n) is 7.77. The fourth-order valence-corrected chi connectivity index (χ4v) is 3.76. The zero-order valence-corrected chi connectivity index (χ0v) is 18.4. The first-order valence-electron chi connectivity index (χ1n) is 10.5. The molecule has 0 aliphatic heterocycles. The summed E-state index contributed by atoms with van der Waals surface area (Å²) in [6, 6.07) is 11.5. The van der Waals surface area contributed by atoms with Gasteiger partial charge in [0.15, 0.2) is 23.0 Å². The van der Waals surface area contributed by atoms with E-state index < -0.39 is 34.7 Å². The maximum Gasteiger partial charge on any atom is 0.419 e. The monoisotopic (exact) mass is 501 g/mol. The number of aromatic nitrogens is 6. The highest BCUT2D eigenvalue weighted by Gasteiger charge is 2.38. The van der Waals surface area contributed by atoms with Crippen molar-refractivity contribution in [2.24, 2.45) is 7.05 Å². The van der Waals surface area contributed by atoms with Gasteiger partial charge in [0.1, 0.15) is 5.69 Å². The summed E-state index contributed by atoms with van der Waals surface area (Å²) in [6.45, 7) is 0.292. The molecule has 8 nitrogen and oxygen atoms in total. The van der Waals surface area contributed by atoms with Crippen LogP contribution in [0.2, 0.25) is 0 Å². The van der Waals surface area contributed by atoms with E-state index in [1.165, 1.54) is 17.9 Å². The number of phenolic OH excluding ortho intramolecular Hbond substituents is 1. The molecule has 0 spiro atoms. The third kappa shape index (κ3) is 3.97. The van der Waals surface area contributed by atoms with Crippen LogP contribution in [0, 0.1) is 11.6 Å². The lowest BCUT2D eigenvalue weighted by molar-refractivity contribution is -0.140. The summed E-state index contributed by atoms with van der Waals surface area (Å²) >= 11 is 0. The molecular weight excluding hydrogens is 485 g/mol. The molecule has 2 aromatic carbocycles. The Kier molecular flexibility index (Phi) is 5.54. The SMILES string of the molecule is Cn1nc(-c2cc(C(F)(F)F)c(F)c(O)c2F)c2cnc(NCc3ccnn3-c3ccccc3)nc21. The molecule has 5 aromatic rings. The van der Waals surface area contributed by atoms with Gasteiger partial charge in [-0.05, 0) is 24.3 Å². The van der Waals surface area contributed by atoms with Crippen molar-refractivity contribution in [3.05, 3.63) is 77.8 Å². The first-order valence-corrected chi connectivity index (χ1v) is 10.5. The van der Waals surface area contributed by atoms with Gasteiger partial charge in [-0.1, -0.05) is 18.2 Å². The molecule has 0 saturated heterocycles. The Morgan fingerprint density at radius 3 is 2.53 bits per heavy atom. The fraction of sp³-hybridized carbons (Fsp3) is 0.130. The predicted molar refractivity (Wildman–Crippen MR) is 119 cm³/mol. The average molecular weight is 501 g/mol. The largest absolute Gasteiger partial charge is 0.503 e. The zero-order valence-electron chi connectivity index (χ0n) is 18.4. The van der Waals surface area contributed by atoms with E-state index in [0.717, 1.165) is 11.4 Å². The highest BCUT2D eigenvalue weighted by molar-refractivity contribution is 5.91. The standard InChI is InChI=1S/C23H16F5N7O/c1-34-21-15(19(33-34)14-9-16(23(26,27)28)18(25)20(36)17(14)24)11-30-22(32-21)29-10-13-7-8-31-35(13)12-5-3-2-4-6-12/h2-9,11,36H,10H2,1H3,(H,29,30,32). The number of hydrogen-bond acceptors (Lipinski definition) is 6. The number of rotatable bonds is 5. The quantitative estimate of drug-likeness (QED) is 0.335. The third-order valence-corrected chi connectivity index (χ3v) is 5.47. The van der Waals surface area contributed by atoms with Crippen molar-refractivity contribution in [3.8, 4) is 22.7 Å². The van der Waals surface area contributed by atoms with Crippen LogP contribution in [0.5, 0.6) is 5.75 Å². The molecule has 0 unspecified atom stereocenters. The van der Waals surface area contributed by atoms with Gasteiger partial charge in [0.25, 0.3) is 0 Å². The molecule has 0 fully saturated rings. The minimum Gasteiger partial charge on any atom is -0.503 e. The Balaban J connectivity index is 1.49. The van der Waals surface area contributed by atoms with Gasteiger partial charge in [0, 0.05) is 25.0 Å². The van der Waals surface area contributed by atoms with Gasteiger partial charge >= 0.3 is 6.18 Å². The number of aryl methyl sites for hydroxylation is 1. The Bertz CT molecular complexity index is 1580. The number of nitrogens with one attached hydrogen (secondary N) is 1. The van der Waals surface area contributed by atoms with Crippen molar-refractivity contribution in [2.75, 3.05) is 5.32 Å². The lowest BCUT2D eigenvalue weighted by Crippen LogP contribution is -2.10. The Hall–Kier alpha value is -4.55. The second kappa shape index (κ2) is 8.59. The number of hydrogen-bond donors (Lipinski definition) is 2. The van der Waals surface area contributed by atoms with Gasteiger partial charge in [-0.3, -0.25) is 0 Å². The first kappa shape index (κ1) is 23.2. The lowest BCUT2D eigenvalue weighted by atomic mass is 10.0. The smallest absolute Gasteiger partial charge is 0.419 e. The summed E-state index contributed by atoms with van der Waals surface area (Å²) in [6.07, 6.45) is -2.26. The fourth-order valence-electron chi connectivity index (χ4n) is 3.76. The number of phenols is 1. The molecule has 0 aliphatic rings. The van der Waals surface area contributed by atoms with E-state index in [1.54, 1.807) is 10.9 Å². The predicted octanol–water partition coefficient (Wildman–Crippen LogP) is 4.83. The zero-order chi connectivity index (χ0) is 25.6. The number of fused-ring (bicyclic) bond motifs is 1.